The molecular weight excluding hydrogens is 288 g/mol. The van der Waals surface area contributed by atoms with Crippen molar-refractivity contribution in [2.75, 3.05) is 0 Å². The molecule has 0 N–H and O–H groups in total. The molecule has 1 aromatic carbocycles. The van der Waals surface area contributed by atoms with Crippen molar-refractivity contribution in [3.05, 3.63) is 48.0 Å². The van der Waals surface area contributed by atoms with Crippen LogP contribution < -0.4 is 4.74 Å². The number of pyridine rings is 1. The molecule has 0 bridgehead atoms. The van der Waals surface area contributed by atoms with Crippen LogP contribution in [0.4, 0.5) is 17.6 Å². The summed E-state index contributed by atoms with van der Waals surface area (Å²) in [5.41, 5.74) is 0.550. The molecule has 0 fully saturated rings. The summed E-state index contributed by atoms with van der Waals surface area (Å²) in [5.74, 6) is -1.24. The Morgan fingerprint density at radius 2 is 1.90 bits per heavy atom. The summed E-state index contributed by atoms with van der Waals surface area (Å²) < 4.78 is 54.3. The molecule has 3 nitrogen and oxygen atoms in total. The Morgan fingerprint density at radius 1 is 1.19 bits per heavy atom. The Bertz CT molecular complexity index is 692. The molecule has 0 aliphatic rings. The van der Waals surface area contributed by atoms with Gasteiger partial charge in [0.1, 0.15) is 5.75 Å². The summed E-state index contributed by atoms with van der Waals surface area (Å²) in [6, 6.07) is 8.27. The third kappa shape index (κ3) is 3.69. The van der Waals surface area contributed by atoms with Gasteiger partial charge in [-0.15, -0.1) is 13.2 Å². The fourth-order valence-corrected chi connectivity index (χ4v) is 1.84. The van der Waals surface area contributed by atoms with Crippen LogP contribution in [-0.2, 0) is 6.42 Å². The highest BCUT2D eigenvalue weighted by Crippen LogP contribution is 2.35. The van der Waals surface area contributed by atoms with Crippen molar-refractivity contribution in [2.45, 2.75) is 12.8 Å². The van der Waals surface area contributed by atoms with Crippen molar-refractivity contribution < 1.29 is 22.3 Å². The maximum absolute atomic E-state index is 13.1. The highest BCUT2D eigenvalue weighted by molar-refractivity contribution is 5.73. The molecule has 0 radical (unpaired) electrons. The molecule has 0 saturated heterocycles. The van der Waals surface area contributed by atoms with Gasteiger partial charge in [0.05, 0.1) is 12.5 Å². The van der Waals surface area contributed by atoms with Crippen molar-refractivity contribution in [1.82, 2.24) is 4.98 Å². The largest absolute Gasteiger partial charge is 0.573 e. The van der Waals surface area contributed by atoms with Crippen molar-refractivity contribution in [3.8, 4) is 22.9 Å². The van der Waals surface area contributed by atoms with E-state index in [1.54, 1.807) is 0 Å². The molecule has 0 aliphatic heterocycles. The molecule has 0 amide bonds. The van der Waals surface area contributed by atoms with Gasteiger partial charge in [-0.25, -0.2) is 4.98 Å². The summed E-state index contributed by atoms with van der Waals surface area (Å²) in [4.78, 5) is 3.42. The van der Waals surface area contributed by atoms with Crippen LogP contribution in [-0.4, -0.2) is 11.3 Å². The molecule has 1 heterocycles. The lowest BCUT2D eigenvalue weighted by atomic mass is 9.99. The van der Waals surface area contributed by atoms with Crippen molar-refractivity contribution >= 4 is 0 Å². The van der Waals surface area contributed by atoms with E-state index in [0.29, 0.717) is 0 Å². The summed E-state index contributed by atoms with van der Waals surface area (Å²) in [6.07, 6.45) is -3.92. The Balaban J connectivity index is 2.55. The van der Waals surface area contributed by atoms with E-state index in [1.165, 1.54) is 18.2 Å². The minimum atomic E-state index is -4.85. The van der Waals surface area contributed by atoms with Crippen LogP contribution in [0.1, 0.15) is 5.56 Å². The van der Waals surface area contributed by atoms with E-state index < -0.39 is 18.1 Å². The van der Waals surface area contributed by atoms with Crippen LogP contribution >= 0.6 is 0 Å². The van der Waals surface area contributed by atoms with Crippen LogP contribution in [0.3, 0.4) is 0 Å². The van der Waals surface area contributed by atoms with Crippen LogP contribution in [0.25, 0.3) is 11.1 Å². The number of rotatable bonds is 3. The van der Waals surface area contributed by atoms with Crippen LogP contribution in [0, 0.1) is 17.3 Å². The van der Waals surface area contributed by atoms with Gasteiger partial charge in [-0.05, 0) is 17.7 Å². The zero-order valence-electron chi connectivity index (χ0n) is 10.5. The lowest BCUT2D eigenvalue weighted by Gasteiger charge is -2.14. The van der Waals surface area contributed by atoms with Crippen molar-refractivity contribution in [2.24, 2.45) is 0 Å². The first-order valence-electron chi connectivity index (χ1n) is 5.77. The van der Waals surface area contributed by atoms with E-state index in [4.69, 9.17) is 5.26 Å². The zero-order valence-corrected chi connectivity index (χ0v) is 10.5. The maximum Gasteiger partial charge on any atom is 0.573 e. The first kappa shape index (κ1) is 14.8. The third-order valence-corrected chi connectivity index (χ3v) is 2.63. The number of nitrogens with zero attached hydrogens (tertiary/aromatic N) is 2. The standard InChI is InChI=1S/C14H8F4N2O/c15-13-7-9(5-6-19)11(8-20-13)10-3-1-2-4-12(10)21-14(16,17)18/h1-4,7-8H,5H2. The summed E-state index contributed by atoms with van der Waals surface area (Å²) in [6.45, 7) is 0. The molecular formula is C14H8F4N2O. The van der Waals surface area contributed by atoms with E-state index in [9.17, 15) is 17.6 Å². The Morgan fingerprint density at radius 3 is 2.57 bits per heavy atom. The Kier molecular flexibility index (Phi) is 4.08. The van der Waals surface area contributed by atoms with Crippen LogP contribution in [0.15, 0.2) is 36.5 Å². The molecule has 1 aromatic heterocycles. The topological polar surface area (TPSA) is 45.9 Å². The second-order valence-corrected chi connectivity index (χ2v) is 4.04. The second kappa shape index (κ2) is 5.79. The van der Waals surface area contributed by atoms with Gasteiger partial charge in [-0.3, -0.25) is 0 Å². The number of para-hydroxylation sites is 1. The molecule has 7 heteroatoms. The minimum absolute atomic E-state index is 0.0903. The molecule has 0 unspecified atom stereocenters. The van der Waals surface area contributed by atoms with Gasteiger partial charge < -0.3 is 4.74 Å². The number of nitriles is 1. The molecule has 2 rings (SSSR count). The smallest absolute Gasteiger partial charge is 0.405 e. The third-order valence-electron chi connectivity index (χ3n) is 2.63. The second-order valence-electron chi connectivity index (χ2n) is 4.04. The van der Waals surface area contributed by atoms with E-state index in [0.717, 1.165) is 18.3 Å². The number of alkyl halides is 3. The van der Waals surface area contributed by atoms with E-state index in [-0.39, 0.29) is 23.1 Å². The monoisotopic (exact) mass is 296 g/mol. The van der Waals surface area contributed by atoms with Gasteiger partial charge in [-0.2, -0.15) is 9.65 Å². The molecule has 0 spiro atoms. The number of hydrogen-bond donors (Lipinski definition) is 0. The Hall–Kier alpha value is -2.62. The van der Waals surface area contributed by atoms with E-state index in [1.807, 2.05) is 6.07 Å². The number of ether oxygens (including phenoxy) is 1. The van der Waals surface area contributed by atoms with Gasteiger partial charge in [0, 0.05) is 17.3 Å². The van der Waals surface area contributed by atoms with Crippen LogP contribution in [0.2, 0.25) is 0 Å². The molecule has 0 saturated carbocycles. The molecule has 108 valence electrons. The highest BCUT2D eigenvalue weighted by atomic mass is 19.4. The van der Waals surface area contributed by atoms with Crippen molar-refractivity contribution in [3.63, 3.8) is 0 Å². The minimum Gasteiger partial charge on any atom is -0.405 e. The Labute approximate surface area is 117 Å². The normalized spacial score (nSPS) is 11.0. The SMILES string of the molecule is N#CCc1cc(F)ncc1-c1ccccc1OC(F)(F)F. The maximum atomic E-state index is 13.1. The number of hydrogen-bond acceptors (Lipinski definition) is 3. The molecule has 21 heavy (non-hydrogen) atoms. The average Bonchev–Trinajstić information content (AvgIpc) is 2.39. The van der Waals surface area contributed by atoms with E-state index >= 15 is 0 Å². The predicted molar refractivity (Wildman–Crippen MR) is 65.6 cm³/mol. The fourth-order valence-electron chi connectivity index (χ4n) is 1.84. The first-order valence-corrected chi connectivity index (χ1v) is 5.77. The predicted octanol–water partition coefficient (Wildman–Crippen LogP) is 3.85. The zero-order chi connectivity index (χ0) is 15.5. The number of aromatic nitrogens is 1. The molecule has 2 aromatic rings. The molecule has 0 aliphatic carbocycles. The average molecular weight is 296 g/mol. The van der Waals surface area contributed by atoms with Gasteiger partial charge in [0.15, 0.2) is 0 Å². The van der Waals surface area contributed by atoms with Gasteiger partial charge in [0.25, 0.3) is 0 Å². The fraction of sp³-hybridized carbons (Fsp3) is 0.143. The summed E-state index contributed by atoms with van der Waals surface area (Å²) >= 11 is 0. The van der Waals surface area contributed by atoms with Gasteiger partial charge in [0.2, 0.25) is 5.95 Å². The lowest BCUT2D eigenvalue weighted by molar-refractivity contribution is -0.274. The van der Waals surface area contributed by atoms with Gasteiger partial charge >= 0.3 is 6.36 Å². The van der Waals surface area contributed by atoms with Crippen LogP contribution in [0.5, 0.6) is 5.75 Å². The highest BCUT2D eigenvalue weighted by Gasteiger charge is 2.32. The lowest BCUT2D eigenvalue weighted by Crippen LogP contribution is -2.17. The number of halogens is 4. The first-order chi connectivity index (χ1) is 9.90. The molecule has 0 atom stereocenters. The summed E-state index contributed by atoms with van der Waals surface area (Å²) in [7, 11) is 0. The summed E-state index contributed by atoms with van der Waals surface area (Å²) in [5, 5.41) is 8.73. The van der Waals surface area contributed by atoms with Crippen molar-refractivity contribution in [1.29, 1.82) is 5.26 Å². The quantitative estimate of drug-likeness (QED) is 0.638. The number of benzene rings is 1. The van der Waals surface area contributed by atoms with Gasteiger partial charge in [-0.1, -0.05) is 18.2 Å². The van der Waals surface area contributed by atoms with E-state index in [2.05, 4.69) is 9.72 Å².